The number of anilines is 1. The van der Waals surface area contributed by atoms with Crippen LogP contribution in [0.15, 0.2) is 77.7 Å². The van der Waals surface area contributed by atoms with E-state index in [1.807, 2.05) is 62.4 Å². The van der Waals surface area contributed by atoms with Gasteiger partial charge in [-0.25, -0.2) is 8.42 Å². The third-order valence-corrected chi connectivity index (χ3v) is 7.11. The molecule has 6 nitrogen and oxygen atoms in total. The summed E-state index contributed by atoms with van der Waals surface area (Å²) in [6.07, 6.45) is 0.493. The van der Waals surface area contributed by atoms with Gasteiger partial charge in [-0.05, 0) is 61.2 Å². The first kappa shape index (κ1) is 23.5. The number of ether oxygens (including phenoxy) is 1. The van der Waals surface area contributed by atoms with Crippen molar-refractivity contribution in [2.45, 2.75) is 25.2 Å². The second kappa shape index (κ2) is 10.4. The first-order chi connectivity index (χ1) is 15.3. The highest BCUT2D eigenvalue weighted by Crippen LogP contribution is 2.22. The summed E-state index contributed by atoms with van der Waals surface area (Å²) >= 11 is 0. The van der Waals surface area contributed by atoms with Gasteiger partial charge in [0.05, 0.1) is 18.6 Å². The molecule has 0 aromatic heterocycles. The molecular formula is C25H28N2O4S. The predicted molar refractivity (Wildman–Crippen MR) is 126 cm³/mol. The topological polar surface area (TPSA) is 75.7 Å². The van der Waals surface area contributed by atoms with Crippen molar-refractivity contribution in [2.75, 3.05) is 25.5 Å². The molecule has 0 saturated carbocycles. The molecule has 0 aliphatic rings. The van der Waals surface area contributed by atoms with Crippen molar-refractivity contribution in [1.82, 2.24) is 4.31 Å². The standard InChI is InChI=1S/C25H28N2O4S/c1-19-8-7-9-20(2)25(19)26-24(28)18-27(17-16-21-10-5-4-6-11-21)32(29,30)23-14-12-22(31-3)13-15-23/h4-15H,16-18H2,1-3H3,(H,26,28). The van der Waals surface area contributed by atoms with Crippen LogP contribution < -0.4 is 10.1 Å². The fourth-order valence-electron chi connectivity index (χ4n) is 3.43. The highest BCUT2D eigenvalue weighted by molar-refractivity contribution is 7.89. The molecule has 0 heterocycles. The lowest BCUT2D eigenvalue weighted by molar-refractivity contribution is -0.116. The van der Waals surface area contributed by atoms with Crippen LogP contribution >= 0.6 is 0 Å². The molecule has 0 atom stereocenters. The number of hydrogen-bond donors (Lipinski definition) is 1. The van der Waals surface area contributed by atoms with E-state index < -0.39 is 10.0 Å². The van der Waals surface area contributed by atoms with Crippen molar-refractivity contribution in [1.29, 1.82) is 0 Å². The number of amides is 1. The maximum Gasteiger partial charge on any atom is 0.243 e. The van der Waals surface area contributed by atoms with Crippen LogP contribution in [0, 0.1) is 13.8 Å². The van der Waals surface area contributed by atoms with Gasteiger partial charge in [0.2, 0.25) is 15.9 Å². The minimum Gasteiger partial charge on any atom is -0.497 e. The summed E-state index contributed by atoms with van der Waals surface area (Å²) in [5.41, 5.74) is 3.55. The Labute approximate surface area is 189 Å². The number of methoxy groups -OCH3 is 1. The molecule has 0 bridgehead atoms. The Morgan fingerprint density at radius 2 is 1.53 bits per heavy atom. The second-order valence-electron chi connectivity index (χ2n) is 7.56. The van der Waals surface area contributed by atoms with Gasteiger partial charge >= 0.3 is 0 Å². The van der Waals surface area contributed by atoms with Gasteiger partial charge in [0.1, 0.15) is 5.75 Å². The lowest BCUT2D eigenvalue weighted by Crippen LogP contribution is -2.39. The van der Waals surface area contributed by atoms with Crippen LogP contribution in [0.1, 0.15) is 16.7 Å². The first-order valence-corrected chi connectivity index (χ1v) is 11.8. The Bertz CT molecular complexity index is 1140. The molecule has 3 rings (SSSR count). The number of para-hydroxylation sites is 1. The lowest BCUT2D eigenvalue weighted by atomic mass is 10.1. The van der Waals surface area contributed by atoms with Crippen LogP contribution in [0.3, 0.4) is 0 Å². The smallest absolute Gasteiger partial charge is 0.243 e. The monoisotopic (exact) mass is 452 g/mol. The van der Waals surface area contributed by atoms with Crippen molar-refractivity contribution in [3.05, 3.63) is 89.5 Å². The highest BCUT2D eigenvalue weighted by Gasteiger charge is 2.27. The number of carbonyl (C=O) groups excluding carboxylic acids is 1. The van der Waals surface area contributed by atoms with E-state index in [1.165, 1.54) is 23.5 Å². The fourth-order valence-corrected chi connectivity index (χ4v) is 4.83. The minimum absolute atomic E-state index is 0.117. The van der Waals surface area contributed by atoms with E-state index in [-0.39, 0.29) is 23.9 Å². The zero-order chi connectivity index (χ0) is 23.1. The molecule has 0 fully saturated rings. The average molecular weight is 453 g/mol. The molecule has 0 radical (unpaired) electrons. The van der Waals surface area contributed by atoms with Crippen molar-refractivity contribution < 1.29 is 17.9 Å². The van der Waals surface area contributed by atoms with Crippen LogP contribution in [-0.2, 0) is 21.2 Å². The Hall–Kier alpha value is -3.16. The summed E-state index contributed by atoms with van der Waals surface area (Å²) in [7, 11) is -2.37. The number of carbonyl (C=O) groups is 1. The van der Waals surface area contributed by atoms with Gasteiger partial charge in [0.15, 0.2) is 0 Å². The molecule has 3 aromatic carbocycles. The Morgan fingerprint density at radius 3 is 2.12 bits per heavy atom. The number of benzene rings is 3. The predicted octanol–water partition coefficient (Wildman–Crippen LogP) is 4.18. The van der Waals surface area contributed by atoms with Crippen LogP contribution in [0.4, 0.5) is 5.69 Å². The summed E-state index contributed by atoms with van der Waals surface area (Å²) in [4.78, 5) is 13.0. The average Bonchev–Trinajstić information content (AvgIpc) is 2.79. The van der Waals surface area contributed by atoms with Gasteiger partial charge in [-0.15, -0.1) is 0 Å². The maximum atomic E-state index is 13.4. The summed E-state index contributed by atoms with van der Waals surface area (Å²) < 4.78 is 33.1. The summed E-state index contributed by atoms with van der Waals surface area (Å²) in [6.45, 7) is 3.71. The quantitative estimate of drug-likeness (QED) is 0.528. The Balaban J connectivity index is 1.84. The van der Waals surface area contributed by atoms with E-state index in [2.05, 4.69) is 5.32 Å². The number of sulfonamides is 1. The molecule has 32 heavy (non-hydrogen) atoms. The number of nitrogens with one attached hydrogen (secondary N) is 1. The normalized spacial score (nSPS) is 11.4. The molecule has 1 N–H and O–H groups in total. The van der Waals surface area contributed by atoms with E-state index in [1.54, 1.807) is 12.1 Å². The van der Waals surface area contributed by atoms with E-state index in [4.69, 9.17) is 4.74 Å². The van der Waals surface area contributed by atoms with Gasteiger partial charge in [-0.2, -0.15) is 4.31 Å². The van der Waals surface area contributed by atoms with Crippen LogP contribution in [-0.4, -0.2) is 38.8 Å². The van der Waals surface area contributed by atoms with Crippen molar-refractivity contribution in [2.24, 2.45) is 0 Å². The van der Waals surface area contributed by atoms with Crippen LogP contribution in [0.25, 0.3) is 0 Å². The first-order valence-electron chi connectivity index (χ1n) is 10.4. The molecule has 3 aromatic rings. The molecule has 0 aliphatic heterocycles. The zero-order valence-corrected chi connectivity index (χ0v) is 19.4. The number of nitrogens with zero attached hydrogens (tertiary/aromatic N) is 1. The van der Waals surface area contributed by atoms with Crippen LogP contribution in [0.2, 0.25) is 0 Å². The maximum absolute atomic E-state index is 13.4. The third-order valence-electron chi connectivity index (χ3n) is 5.26. The van der Waals surface area contributed by atoms with Crippen molar-refractivity contribution in [3.8, 4) is 5.75 Å². The number of rotatable bonds is 9. The van der Waals surface area contributed by atoms with E-state index >= 15 is 0 Å². The van der Waals surface area contributed by atoms with Gasteiger partial charge in [-0.3, -0.25) is 4.79 Å². The van der Waals surface area contributed by atoms with Gasteiger partial charge in [-0.1, -0.05) is 48.5 Å². The van der Waals surface area contributed by atoms with Crippen molar-refractivity contribution in [3.63, 3.8) is 0 Å². The third kappa shape index (κ3) is 5.75. The summed E-state index contributed by atoms with van der Waals surface area (Å²) in [6, 6.07) is 21.5. The molecular weight excluding hydrogens is 424 g/mol. The Morgan fingerprint density at radius 1 is 0.906 bits per heavy atom. The van der Waals surface area contributed by atoms with Gasteiger partial charge in [0, 0.05) is 12.2 Å². The Kier molecular flexibility index (Phi) is 7.66. The van der Waals surface area contributed by atoms with Crippen molar-refractivity contribution >= 4 is 21.6 Å². The van der Waals surface area contributed by atoms with E-state index in [9.17, 15) is 13.2 Å². The molecule has 0 unspecified atom stereocenters. The zero-order valence-electron chi connectivity index (χ0n) is 18.5. The number of hydrogen-bond acceptors (Lipinski definition) is 4. The van der Waals surface area contributed by atoms with Crippen LogP contribution in [0.5, 0.6) is 5.75 Å². The summed E-state index contributed by atoms with van der Waals surface area (Å²) in [5, 5.41) is 2.88. The molecule has 0 spiro atoms. The molecule has 1 amide bonds. The molecule has 0 aliphatic carbocycles. The number of aryl methyl sites for hydroxylation is 2. The minimum atomic E-state index is -3.89. The fraction of sp³-hybridized carbons (Fsp3) is 0.240. The van der Waals surface area contributed by atoms with Gasteiger partial charge in [0.25, 0.3) is 0 Å². The second-order valence-corrected chi connectivity index (χ2v) is 9.50. The SMILES string of the molecule is COc1ccc(S(=O)(=O)N(CCc2ccccc2)CC(=O)Nc2c(C)cccc2C)cc1. The van der Waals surface area contributed by atoms with E-state index in [0.29, 0.717) is 17.9 Å². The molecule has 168 valence electrons. The van der Waals surface area contributed by atoms with E-state index in [0.717, 1.165) is 16.7 Å². The largest absolute Gasteiger partial charge is 0.497 e. The summed E-state index contributed by atoms with van der Waals surface area (Å²) in [5.74, 6) is 0.181. The highest BCUT2D eigenvalue weighted by atomic mass is 32.2. The molecule has 0 saturated heterocycles. The molecule has 7 heteroatoms. The lowest BCUT2D eigenvalue weighted by Gasteiger charge is -2.22. The van der Waals surface area contributed by atoms with Gasteiger partial charge < -0.3 is 10.1 Å².